The third-order valence-electron chi connectivity index (χ3n) is 4.03. The highest BCUT2D eigenvalue weighted by Crippen LogP contribution is 2.33. The van der Waals surface area contributed by atoms with E-state index in [-0.39, 0.29) is 17.3 Å². The fourth-order valence-electron chi connectivity index (χ4n) is 2.56. The molecule has 5 nitrogen and oxygen atoms in total. The van der Waals surface area contributed by atoms with Gasteiger partial charge in [0, 0.05) is 5.56 Å². The zero-order chi connectivity index (χ0) is 19.8. The summed E-state index contributed by atoms with van der Waals surface area (Å²) in [5.74, 6) is -1.44. The van der Waals surface area contributed by atoms with E-state index in [0.29, 0.717) is 22.6 Å². The molecule has 0 unspecified atom stereocenters. The van der Waals surface area contributed by atoms with Crippen molar-refractivity contribution in [1.29, 1.82) is 0 Å². The average Bonchev–Trinajstić information content (AvgIpc) is 3.04. The summed E-state index contributed by atoms with van der Waals surface area (Å²) in [6, 6.07) is 10.0. The van der Waals surface area contributed by atoms with Gasteiger partial charge < -0.3 is 14.5 Å². The van der Waals surface area contributed by atoms with Gasteiger partial charge in [-0.2, -0.15) is 13.2 Å². The zero-order valence-corrected chi connectivity index (χ0v) is 14.8. The molecule has 0 aliphatic heterocycles. The number of halogens is 3. The summed E-state index contributed by atoms with van der Waals surface area (Å²) < 4.78 is 48.4. The van der Waals surface area contributed by atoms with Gasteiger partial charge in [0.2, 0.25) is 5.89 Å². The predicted octanol–water partition coefficient (Wildman–Crippen LogP) is 5.13. The molecule has 0 aliphatic carbocycles. The maximum atomic E-state index is 12.6. The summed E-state index contributed by atoms with van der Waals surface area (Å²) in [6.07, 6.45) is -5.01. The van der Waals surface area contributed by atoms with Crippen LogP contribution in [0.2, 0.25) is 0 Å². The molecule has 0 atom stereocenters. The first-order valence-electron chi connectivity index (χ1n) is 8.16. The van der Waals surface area contributed by atoms with Gasteiger partial charge in [-0.15, -0.1) is 0 Å². The van der Waals surface area contributed by atoms with Gasteiger partial charge in [-0.25, -0.2) is 4.98 Å². The second kappa shape index (κ2) is 6.94. The van der Waals surface area contributed by atoms with Gasteiger partial charge in [0.15, 0.2) is 5.58 Å². The van der Waals surface area contributed by atoms with Crippen molar-refractivity contribution in [3.63, 3.8) is 0 Å². The Morgan fingerprint density at radius 3 is 2.56 bits per heavy atom. The molecule has 0 aliphatic rings. The lowest BCUT2D eigenvalue weighted by Gasteiger charge is -2.12. The molecule has 0 bridgehead atoms. The van der Waals surface area contributed by atoms with E-state index in [0.717, 1.165) is 5.56 Å². The minimum atomic E-state index is -5.01. The lowest BCUT2D eigenvalue weighted by atomic mass is 10.0. The maximum Gasteiger partial charge on any atom is 0.471 e. The van der Waals surface area contributed by atoms with E-state index in [2.05, 4.69) is 18.8 Å². The summed E-state index contributed by atoms with van der Waals surface area (Å²) in [4.78, 5) is 15.7. The second-order valence-corrected chi connectivity index (χ2v) is 6.27. The number of aromatic nitrogens is 1. The number of anilines is 1. The minimum Gasteiger partial charge on any atom is -0.495 e. The van der Waals surface area contributed by atoms with Crippen molar-refractivity contribution in [1.82, 2.24) is 4.98 Å². The van der Waals surface area contributed by atoms with Gasteiger partial charge >= 0.3 is 12.1 Å². The third kappa shape index (κ3) is 3.89. The Hall–Kier alpha value is -3.03. The molecule has 1 N–H and O–H groups in total. The number of oxazole rings is 1. The normalized spacial score (nSPS) is 11.8. The SMILES string of the molecule is COc1ccc(-c2nc3cc(C(C)C)ccc3o2)cc1NC(=O)C(F)(F)F. The van der Waals surface area contributed by atoms with Crippen molar-refractivity contribution in [3.8, 4) is 17.2 Å². The minimum absolute atomic E-state index is 0.0922. The third-order valence-corrected chi connectivity index (χ3v) is 4.03. The number of hydrogen-bond donors (Lipinski definition) is 1. The van der Waals surface area contributed by atoms with E-state index in [1.165, 1.54) is 19.2 Å². The lowest BCUT2D eigenvalue weighted by molar-refractivity contribution is -0.167. The highest BCUT2D eigenvalue weighted by Gasteiger charge is 2.39. The highest BCUT2D eigenvalue weighted by atomic mass is 19.4. The van der Waals surface area contributed by atoms with E-state index in [4.69, 9.17) is 9.15 Å². The lowest BCUT2D eigenvalue weighted by Crippen LogP contribution is -2.30. The molecule has 0 fully saturated rings. The van der Waals surface area contributed by atoms with Gasteiger partial charge in [0.25, 0.3) is 0 Å². The van der Waals surface area contributed by atoms with Crippen LogP contribution in [0.3, 0.4) is 0 Å². The van der Waals surface area contributed by atoms with Gasteiger partial charge in [0.05, 0.1) is 12.8 Å². The number of carbonyl (C=O) groups excluding carboxylic acids is 1. The number of benzene rings is 2. The van der Waals surface area contributed by atoms with Crippen LogP contribution in [-0.2, 0) is 4.79 Å². The van der Waals surface area contributed by atoms with Crippen LogP contribution in [0, 0.1) is 0 Å². The molecule has 8 heteroatoms. The van der Waals surface area contributed by atoms with Gasteiger partial charge in [-0.1, -0.05) is 19.9 Å². The Balaban J connectivity index is 2.00. The number of methoxy groups -OCH3 is 1. The number of ether oxygens (including phenoxy) is 1. The van der Waals surface area contributed by atoms with Crippen LogP contribution >= 0.6 is 0 Å². The molecule has 0 spiro atoms. The quantitative estimate of drug-likeness (QED) is 0.684. The van der Waals surface area contributed by atoms with Gasteiger partial charge in [-0.3, -0.25) is 4.79 Å². The number of hydrogen-bond acceptors (Lipinski definition) is 4. The Labute approximate surface area is 153 Å². The molecular formula is C19H17F3N2O3. The molecule has 0 radical (unpaired) electrons. The summed E-state index contributed by atoms with van der Waals surface area (Å²) in [6.45, 7) is 4.11. The second-order valence-electron chi connectivity index (χ2n) is 6.27. The molecule has 0 saturated carbocycles. The largest absolute Gasteiger partial charge is 0.495 e. The van der Waals surface area contributed by atoms with Crippen molar-refractivity contribution in [2.24, 2.45) is 0 Å². The first-order valence-corrected chi connectivity index (χ1v) is 8.16. The molecule has 27 heavy (non-hydrogen) atoms. The Morgan fingerprint density at radius 2 is 1.93 bits per heavy atom. The fraction of sp³-hybridized carbons (Fsp3) is 0.263. The maximum absolute atomic E-state index is 12.6. The number of rotatable bonds is 4. The van der Waals surface area contributed by atoms with Crippen LogP contribution < -0.4 is 10.1 Å². The summed E-state index contributed by atoms with van der Waals surface area (Å²) in [5.41, 5.74) is 2.59. The van der Waals surface area contributed by atoms with Gasteiger partial charge in [0.1, 0.15) is 11.3 Å². The van der Waals surface area contributed by atoms with E-state index in [1.807, 2.05) is 17.4 Å². The molecule has 1 heterocycles. The van der Waals surface area contributed by atoms with Crippen molar-refractivity contribution in [2.45, 2.75) is 25.9 Å². The average molecular weight is 378 g/mol. The number of amides is 1. The van der Waals surface area contributed by atoms with E-state index < -0.39 is 12.1 Å². The first kappa shape index (κ1) is 18.8. The summed E-state index contributed by atoms with van der Waals surface area (Å²) >= 11 is 0. The molecule has 3 rings (SSSR count). The Morgan fingerprint density at radius 1 is 1.19 bits per heavy atom. The molecule has 142 valence electrons. The summed E-state index contributed by atoms with van der Waals surface area (Å²) in [7, 11) is 1.30. The van der Waals surface area contributed by atoms with Crippen molar-refractivity contribution in [2.75, 3.05) is 12.4 Å². The van der Waals surface area contributed by atoms with Crippen molar-refractivity contribution < 1.29 is 27.1 Å². The molecule has 3 aromatic rings. The molecule has 0 saturated heterocycles. The van der Waals surface area contributed by atoms with Gasteiger partial charge in [-0.05, 0) is 41.8 Å². The highest BCUT2D eigenvalue weighted by molar-refractivity contribution is 5.96. The van der Waals surface area contributed by atoms with Crippen LogP contribution in [0.15, 0.2) is 40.8 Å². The van der Waals surface area contributed by atoms with E-state index in [9.17, 15) is 18.0 Å². The number of fused-ring (bicyclic) bond motifs is 1. The standard InChI is InChI=1S/C19H17F3N2O3/c1-10(2)11-4-7-16-14(8-11)23-17(27-16)12-5-6-15(26-3)13(9-12)24-18(25)19(20,21)22/h4-10H,1-3H3,(H,24,25). The monoisotopic (exact) mass is 378 g/mol. The molecular weight excluding hydrogens is 361 g/mol. The van der Waals surface area contributed by atoms with Crippen LogP contribution in [-0.4, -0.2) is 24.2 Å². The Kier molecular flexibility index (Phi) is 4.82. The van der Waals surface area contributed by atoms with E-state index >= 15 is 0 Å². The number of nitrogens with zero attached hydrogens (tertiary/aromatic N) is 1. The number of alkyl halides is 3. The van der Waals surface area contributed by atoms with Crippen LogP contribution in [0.5, 0.6) is 5.75 Å². The number of carbonyl (C=O) groups is 1. The van der Waals surface area contributed by atoms with Crippen LogP contribution in [0.25, 0.3) is 22.6 Å². The van der Waals surface area contributed by atoms with Crippen molar-refractivity contribution in [3.05, 3.63) is 42.0 Å². The smallest absolute Gasteiger partial charge is 0.471 e. The van der Waals surface area contributed by atoms with E-state index in [1.54, 1.807) is 12.1 Å². The Bertz CT molecular complexity index is 994. The first-order chi connectivity index (χ1) is 12.7. The predicted molar refractivity (Wildman–Crippen MR) is 94.8 cm³/mol. The van der Waals surface area contributed by atoms with Crippen LogP contribution in [0.1, 0.15) is 25.3 Å². The zero-order valence-electron chi connectivity index (χ0n) is 14.8. The summed E-state index contributed by atoms with van der Waals surface area (Å²) in [5, 5.41) is 1.81. The number of nitrogens with one attached hydrogen (secondary N) is 1. The van der Waals surface area contributed by atoms with Crippen LogP contribution in [0.4, 0.5) is 18.9 Å². The molecule has 2 aromatic carbocycles. The van der Waals surface area contributed by atoms with Crippen molar-refractivity contribution >= 4 is 22.7 Å². The fourth-order valence-corrected chi connectivity index (χ4v) is 2.56. The topological polar surface area (TPSA) is 64.4 Å². The molecule has 1 amide bonds. The molecule has 1 aromatic heterocycles.